The van der Waals surface area contributed by atoms with E-state index in [1.807, 2.05) is 30.7 Å². The standard InChI is InChI=1S/C14H17BrN2O/c1-4-17-13(12(15)8-16-17)14(18)11-7-5-6-9(2)10(11)3/h5-8,14,18H,4H2,1-3H3. The summed E-state index contributed by atoms with van der Waals surface area (Å²) >= 11 is 3.46. The van der Waals surface area contributed by atoms with E-state index in [1.165, 1.54) is 5.56 Å². The van der Waals surface area contributed by atoms with Gasteiger partial charge in [-0.2, -0.15) is 5.10 Å². The van der Waals surface area contributed by atoms with Crippen molar-refractivity contribution < 1.29 is 5.11 Å². The predicted molar refractivity (Wildman–Crippen MR) is 75.6 cm³/mol. The lowest BCUT2D eigenvalue weighted by molar-refractivity contribution is 0.206. The molecule has 1 N–H and O–H groups in total. The van der Waals surface area contributed by atoms with Gasteiger partial charge in [-0.1, -0.05) is 18.2 Å². The molecule has 4 heteroatoms. The Bertz CT molecular complexity index is 563. The van der Waals surface area contributed by atoms with Crippen LogP contribution < -0.4 is 0 Å². The molecule has 0 saturated carbocycles. The van der Waals surface area contributed by atoms with Crippen molar-refractivity contribution in [2.45, 2.75) is 33.4 Å². The van der Waals surface area contributed by atoms with E-state index in [1.54, 1.807) is 6.20 Å². The molecule has 1 heterocycles. The van der Waals surface area contributed by atoms with Gasteiger partial charge < -0.3 is 5.11 Å². The van der Waals surface area contributed by atoms with Gasteiger partial charge in [0.2, 0.25) is 0 Å². The summed E-state index contributed by atoms with van der Waals surface area (Å²) in [5, 5.41) is 14.8. The molecule has 1 atom stereocenters. The van der Waals surface area contributed by atoms with Crippen LogP contribution in [0.4, 0.5) is 0 Å². The van der Waals surface area contributed by atoms with Crippen molar-refractivity contribution >= 4 is 15.9 Å². The van der Waals surface area contributed by atoms with Crippen molar-refractivity contribution in [1.29, 1.82) is 0 Å². The van der Waals surface area contributed by atoms with Crippen molar-refractivity contribution in [1.82, 2.24) is 9.78 Å². The fourth-order valence-electron chi connectivity index (χ4n) is 2.11. The first-order chi connectivity index (χ1) is 8.56. The zero-order valence-corrected chi connectivity index (χ0v) is 12.4. The monoisotopic (exact) mass is 308 g/mol. The van der Waals surface area contributed by atoms with Gasteiger partial charge in [0.1, 0.15) is 6.10 Å². The molecule has 0 aliphatic carbocycles. The Labute approximate surface area is 116 Å². The number of aliphatic hydroxyl groups excluding tert-OH is 1. The Morgan fingerprint density at radius 1 is 1.39 bits per heavy atom. The maximum Gasteiger partial charge on any atom is 0.122 e. The zero-order chi connectivity index (χ0) is 13.3. The highest BCUT2D eigenvalue weighted by Gasteiger charge is 2.20. The Balaban J connectivity index is 2.51. The SMILES string of the molecule is CCn1ncc(Br)c1C(O)c1cccc(C)c1C. The molecule has 2 rings (SSSR count). The fourth-order valence-corrected chi connectivity index (χ4v) is 2.63. The molecular weight excluding hydrogens is 292 g/mol. The van der Waals surface area contributed by atoms with Crippen LogP contribution in [-0.2, 0) is 6.54 Å². The van der Waals surface area contributed by atoms with E-state index in [2.05, 4.69) is 34.0 Å². The van der Waals surface area contributed by atoms with Crippen LogP contribution in [0.2, 0.25) is 0 Å². The minimum atomic E-state index is -0.651. The van der Waals surface area contributed by atoms with E-state index in [0.717, 1.165) is 27.8 Å². The molecular formula is C14H17BrN2O. The molecule has 3 nitrogen and oxygen atoms in total. The maximum absolute atomic E-state index is 10.6. The van der Waals surface area contributed by atoms with Crippen molar-refractivity contribution in [2.75, 3.05) is 0 Å². The van der Waals surface area contributed by atoms with E-state index >= 15 is 0 Å². The number of benzene rings is 1. The number of aliphatic hydroxyl groups is 1. The predicted octanol–water partition coefficient (Wildman–Crippen LogP) is 3.36. The number of hydrogen-bond acceptors (Lipinski definition) is 2. The van der Waals surface area contributed by atoms with Gasteiger partial charge in [-0.15, -0.1) is 0 Å². The van der Waals surface area contributed by atoms with E-state index in [4.69, 9.17) is 0 Å². The Kier molecular flexibility index (Phi) is 3.88. The number of rotatable bonds is 3. The lowest BCUT2D eigenvalue weighted by Crippen LogP contribution is -2.11. The van der Waals surface area contributed by atoms with E-state index in [0.29, 0.717) is 0 Å². The van der Waals surface area contributed by atoms with Crippen LogP contribution in [0.25, 0.3) is 0 Å². The van der Waals surface area contributed by atoms with Gasteiger partial charge in [0.05, 0.1) is 16.4 Å². The number of halogens is 1. The van der Waals surface area contributed by atoms with Gasteiger partial charge in [-0.3, -0.25) is 4.68 Å². The Morgan fingerprint density at radius 2 is 2.11 bits per heavy atom. The van der Waals surface area contributed by atoms with Crippen LogP contribution in [0.5, 0.6) is 0 Å². The van der Waals surface area contributed by atoms with Gasteiger partial charge in [-0.05, 0) is 53.4 Å². The molecule has 0 aliphatic heterocycles. The second kappa shape index (κ2) is 5.24. The fraction of sp³-hybridized carbons (Fsp3) is 0.357. The topological polar surface area (TPSA) is 38.0 Å². The lowest BCUT2D eigenvalue weighted by atomic mass is 9.97. The van der Waals surface area contributed by atoms with Gasteiger partial charge in [0.25, 0.3) is 0 Å². The maximum atomic E-state index is 10.6. The normalized spacial score (nSPS) is 12.7. The molecule has 2 aromatic rings. The Hall–Kier alpha value is -1.13. The van der Waals surface area contributed by atoms with Crippen LogP contribution in [0.3, 0.4) is 0 Å². The first kappa shape index (κ1) is 13.3. The van der Waals surface area contributed by atoms with Crippen LogP contribution >= 0.6 is 15.9 Å². The van der Waals surface area contributed by atoms with Crippen molar-refractivity contribution in [3.63, 3.8) is 0 Å². The molecule has 0 radical (unpaired) electrons. The summed E-state index contributed by atoms with van der Waals surface area (Å²) in [6.45, 7) is 6.84. The largest absolute Gasteiger partial charge is 0.382 e. The highest BCUT2D eigenvalue weighted by atomic mass is 79.9. The van der Waals surface area contributed by atoms with Crippen LogP contribution in [0.15, 0.2) is 28.9 Å². The minimum absolute atomic E-state index is 0.651. The summed E-state index contributed by atoms with van der Waals surface area (Å²) in [7, 11) is 0. The average Bonchev–Trinajstić information content (AvgIpc) is 2.73. The molecule has 1 aromatic heterocycles. The zero-order valence-electron chi connectivity index (χ0n) is 10.8. The quantitative estimate of drug-likeness (QED) is 0.944. The molecule has 0 bridgehead atoms. The second-order valence-corrected chi connectivity index (χ2v) is 5.24. The summed E-state index contributed by atoms with van der Waals surface area (Å²) in [5.74, 6) is 0. The molecule has 96 valence electrons. The molecule has 18 heavy (non-hydrogen) atoms. The summed E-state index contributed by atoms with van der Waals surface area (Å²) in [4.78, 5) is 0. The summed E-state index contributed by atoms with van der Waals surface area (Å²) in [5.41, 5.74) is 4.06. The number of aromatic nitrogens is 2. The third kappa shape index (κ3) is 2.22. The average molecular weight is 309 g/mol. The summed E-state index contributed by atoms with van der Waals surface area (Å²) in [6, 6.07) is 5.99. The first-order valence-electron chi connectivity index (χ1n) is 6.01. The van der Waals surface area contributed by atoms with Gasteiger partial charge in [0, 0.05) is 6.54 Å². The molecule has 0 spiro atoms. The van der Waals surface area contributed by atoms with Crippen molar-refractivity contribution in [3.8, 4) is 0 Å². The highest BCUT2D eigenvalue weighted by Crippen LogP contribution is 2.31. The smallest absolute Gasteiger partial charge is 0.122 e. The molecule has 0 amide bonds. The van der Waals surface area contributed by atoms with Crippen LogP contribution in [0, 0.1) is 13.8 Å². The molecule has 0 saturated heterocycles. The van der Waals surface area contributed by atoms with Gasteiger partial charge >= 0.3 is 0 Å². The highest BCUT2D eigenvalue weighted by molar-refractivity contribution is 9.10. The lowest BCUT2D eigenvalue weighted by Gasteiger charge is -2.17. The molecule has 0 aliphatic rings. The second-order valence-electron chi connectivity index (χ2n) is 4.39. The summed E-state index contributed by atoms with van der Waals surface area (Å²) < 4.78 is 2.66. The number of aryl methyl sites for hydroxylation is 2. The molecule has 1 aromatic carbocycles. The van der Waals surface area contributed by atoms with Crippen LogP contribution in [0.1, 0.15) is 35.4 Å². The van der Waals surface area contributed by atoms with Gasteiger partial charge in [0.15, 0.2) is 0 Å². The van der Waals surface area contributed by atoms with E-state index in [9.17, 15) is 5.11 Å². The third-order valence-corrected chi connectivity index (χ3v) is 3.94. The minimum Gasteiger partial charge on any atom is -0.382 e. The third-order valence-electron chi connectivity index (χ3n) is 3.33. The van der Waals surface area contributed by atoms with Crippen LogP contribution in [-0.4, -0.2) is 14.9 Å². The first-order valence-corrected chi connectivity index (χ1v) is 6.81. The number of nitrogens with zero attached hydrogens (tertiary/aromatic N) is 2. The van der Waals surface area contributed by atoms with E-state index in [-0.39, 0.29) is 0 Å². The Morgan fingerprint density at radius 3 is 2.78 bits per heavy atom. The molecule has 1 unspecified atom stereocenters. The summed E-state index contributed by atoms with van der Waals surface area (Å²) in [6.07, 6.45) is 1.08. The molecule has 0 fully saturated rings. The number of hydrogen-bond donors (Lipinski definition) is 1. The van der Waals surface area contributed by atoms with E-state index < -0.39 is 6.10 Å². The van der Waals surface area contributed by atoms with Gasteiger partial charge in [-0.25, -0.2) is 0 Å². The van der Waals surface area contributed by atoms with Crippen molar-refractivity contribution in [3.05, 3.63) is 51.3 Å². The van der Waals surface area contributed by atoms with Crippen molar-refractivity contribution in [2.24, 2.45) is 0 Å².